The topological polar surface area (TPSA) is 28.7 Å². The molecule has 0 bridgehead atoms. The molecule has 0 unspecified atom stereocenters. The Labute approximate surface area is 83.3 Å². The third-order valence-corrected chi connectivity index (χ3v) is 2.05. The Balaban J connectivity index is 2.15. The van der Waals surface area contributed by atoms with E-state index < -0.39 is 0 Å². The van der Waals surface area contributed by atoms with E-state index >= 15 is 0 Å². The number of aryl methyl sites for hydroxylation is 1. The van der Waals surface area contributed by atoms with E-state index in [2.05, 4.69) is 47.2 Å². The minimum absolute atomic E-state index is 1.02. The lowest BCUT2D eigenvalue weighted by atomic mass is 10.1. The van der Waals surface area contributed by atoms with Crippen LogP contribution in [0.2, 0.25) is 0 Å². The van der Waals surface area contributed by atoms with E-state index in [1.54, 1.807) is 12.5 Å². The highest BCUT2D eigenvalue weighted by molar-refractivity contribution is 5.67. The average Bonchev–Trinajstić information content (AvgIpc) is 2.70. The summed E-state index contributed by atoms with van der Waals surface area (Å²) >= 11 is 0. The first-order valence-electron chi connectivity index (χ1n) is 4.58. The molecule has 0 saturated heterocycles. The molecule has 2 nitrogen and oxygen atoms in total. The molecular formula is C12H12N2. The van der Waals surface area contributed by atoms with E-state index in [0.717, 1.165) is 5.69 Å². The lowest BCUT2D eigenvalue weighted by Gasteiger charge is -1.93. The molecule has 1 aromatic carbocycles. The number of H-pyrrole nitrogens is 1. The van der Waals surface area contributed by atoms with Crippen LogP contribution in [0.5, 0.6) is 0 Å². The van der Waals surface area contributed by atoms with Crippen molar-refractivity contribution < 1.29 is 0 Å². The maximum atomic E-state index is 3.94. The first-order valence-corrected chi connectivity index (χ1v) is 4.58. The Bertz CT molecular complexity index is 410. The summed E-state index contributed by atoms with van der Waals surface area (Å²) in [5, 5.41) is 0. The fraction of sp³-hybridized carbons (Fsp3) is 0.0833. The molecule has 0 aliphatic heterocycles. The van der Waals surface area contributed by atoms with Gasteiger partial charge in [-0.25, -0.2) is 4.98 Å². The van der Waals surface area contributed by atoms with Crippen molar-refractivity contribution in [3.05, 3.63) is 53.6 Å². The Morgan fingerprint density at radius 3 is 2.57 bits per heavy atom. The third-order valence-electron chi connectivity index (χ3n) is 2.05. The van der Waals surface area contributed by atoms with Crippen molar-refractivity contribution in [2.75, 3.05) is 0 Å². The zero-order valence-electron chi connectivity index (χ0n) is 8.07. The lowest BCUT2D eigenvalue weighted by molar-refractivity contribution is 1.31. The summed E-state index contributed by atoms with van der Waals surface area (Å²) in [4.78, 5) is 6.96. The van der Waals surface area contributed by atoms with E-state index in [4.69, 9.17) is 0 Å². The number of hydrogen-bond acceptors (Lipinski definition) is 1. The van der Waals surface area contributed by atoms with Gasteiger partial charge in [0.1, 0.15) is 0 Å². The molecule has 0 saturated carbocycles. The highest BCUT2D eigenvalue weighted by Crippen LogP contribution is 2.07. The van der Waals surface area contributed by atoms with Gasteiger partial charge in [-0.3, -0.25) is 0 Å². The summed E-state index contributed by atoms with van der Waals surface area (Å²) in [5.74, 6) is 0. The molecule has 0 atom stereocenters. The maximum Gasteiger partial charge on any atom is 0.0924 e. The molecule has 0 amide bonds. The molecular weight excluding hydrogens is 172 g/mol. The first-order chi connectivity index (χ1) is 6.84. The van der Waals surface area contributed by atoms with Gasteiger partial charge in [0, 0.05) is 0 Å². The third kappa shape index (κ3) is 2.10. The predicted molar refractivity (Wildman–Crippen MR) is 58.7 cm³/mol. The van der Waals surface area contributed by atoms with E-state index in [9.17, 15) is 0 Å². The van der Waals surface area contributed by atoms with Gasteiger partial charge < -0.3 is 4.98 Å². The molecule has 0 fully saturated rings. The van der Waals surface area contributed by atoms with E-state index in [-0.39, 0.29) is 0 Å². The smallest absolute Gasteiger partial charge is 0.0924 e. The van der Waals surface area contributed by atoms with Crippen LogP contribution in [-0.4, -0.2) is 9.97 Å². The van der Waals surface area contributed by atoms with E-state index in [1.807, 2.05) is 6.08 Å². The molecule has 70 valence electrons. The molecule has 0 spiro atoms. The molecule has 14 heavy (non-hydrogen) atoms. The Morgan fingerprint density at radius 2 is 1.93 bits per heavy atom. The van der Waals surface area contributed by atoms with E-state index in [0.29, 0.717) is 0 Å². The number of benzene rings is 1. The first kappa shape index (κ1) is 8.75. The Hall–Kier alpha value is -1.83. The zero-order valence-corrected chi connectivity index (χ0v) is 8.07. The van der Waals surface area contributed by atoms with Gasteiger partial charge in [-0.15, -0.1) is 0 Å². The van der Waals surface area contributed by atoms with Crippen LogP contribution in [0.4, 0.5) is 0 Å². The fourth-order valence-electron chi connectivity index (χ4n) is 1.22. The van der Waals surface area contributed by atoms with Gasteiger partial charge in [-0.05, 0) is 18.6 Å². The highest BCUT2D eigenvalue weighted by Gasteiger charge is 1.88. The van der Waals surface area contributed by atoms with Crippen LogP contribution in [0.15, 0.2) is 36.8 Å². The molecule has 2 heteroatoms. The van der Waals surface area contributed by atoms with Crippen molar-refractivity contribution in [2.24, 2.45) is 0 Å². The van der Waals surface area contributed by atoms with Crippen molar-refractivity contribution in [3.8, 4) is 0 Å². The molecule has 0 radical (unpaired) electrons. The van der Waals surface area contributed by atoms with Gasteiger partial charge in [0.25, 0.3) is 0 Å². The molecule has 1 heterocycles. The van der Waals surface area contributed by atoms with Gasteiger partial charge in [0.05, 0.1) is 18.2 Å². The summed E-state index contributed by atoms with van der Waals surface area (Å²) in [6.07, 6.45) is 7.55. The summed E-state index contributed by atoms with van der Waals surface area (Å²) < 4.78 is 0. The molecule has 1 N–H and O–H groups in total. The average molecular weight is 184 g/mol. The molecule has 2 aromatic rings. The van der Waals surface area contributed by atoms with Crippen molar-refractivity contribution in [2.45, 2.75) is 6.92 Å². The second kappa shape index (κ2) is 3.92. The molecule has 0 aliphatic carbocycles. The quantitative estimate of drug-likeness (QED) is 0.763. The highest BCUT2D eigenvalue weighted by atomic mass is 14.8. The molecule has 1 aromatic heterocycles. The van der Waals surface area contributed by atoms with Gasteiger partial charge >= 0.3 is 0 Å². The normalized spacial score (nSPS) is 10.9. The van der Waals surface area contributed by atoms with Crippen molar-refractivity contribution in [1.82, 2.24) is 9.97 Å². The maximum absolute atomic E-state index is 3.94. The van der Waals surface area contributed by atoms with E-state index in [1.165, 1.54) is 11.1 Å². The number of hydrogen-bond donors (Lipinski definition) is 1. The molecule has 2 rings (SSSR count). The van der Waals surface area contributed by atoms with Gasteiger partial charge in [0.2, 0.25) is 0 Å². The van der Waals surface area contributed by atoms with Gasteiger partial charge in [-0.2, -0.15) is 0 Å². The van der Waals surface area contributed by atoms with Crippen LogP contribution in [0.3, 0.4) is 0 Å². The minimum Gasteiger partial charge on any atom is -0.345 e. The summed E-state index contributed by atoms with van der Waals surface area (Å²) in [6.45, 7) is 2.09. The number of nitrogens with one attached hydrogen (secondary N) is 1. The summed E-state index contributed by atoms with van der Waals surface area (Å²) in [6, 6.07) is 8.41. The number of aromatic amines is 1. The summed E-state index contributed by atoms with van der Waals surface area (Å²) in [7, 11) is 0. The van der Waals surface area contributed by atoms with Crippen LogP contribution in [0.25, 0.3) is 12.2 Å². The van der Waals surface area contributed by atoms with Crippen LogP contribution < -0.4 is 0 Å². The van der Waals surface area contributed by atoms with Crippen LogP contribution in [0, 0.1) is 6.92 Å². The SMILES string of the molecule is Cc1ccc(/C=C/c2cnc[nH]2)cc1. The zero-order chi connectivity index (χ0) is 9.80. The standard InChI is InChI=1S/C12H12N2/c1-10-2-4-11(5-3-10)6-7-12-8-13-9-14-12/h2-9H,1H3,(H,13,14)/b7-6+. The second-order valence-electron chi connectivity index (χ2n) is 3.25. The van der Waals surface area contributed by atoms with Crippen LogP contribution in [0.1, 0.15) is 16.8 Å². The number of rotatable bonds is 2. The van der Waals surface area contributed by atoms with Crippen molar-refractivity contribution in [3.63, 3.8) is 0 Å². The van der Waals surface area contributed by atoms with Crippen molar-refractivity contribution >= 4 is 12.2 Å². The van der Waals surface area contributed by atoms with Crippen LogP contribution >= 0.6 is 0 Å². The Morgan fingerprint density at radius 1 is 1.14 bits per heavy atom. The monoisotopic (exact) mass is 184 g/mol. The largest absolute Gasteiger partial charge is 0.345 e. The predicted octanol–water partition coefficient (Wildman–Crippen LogP) is 2.89. The summed E-state index contributed by atoms with van der Waals surface area (Å²) in [5.41, 5.74) is 3.50. The fourth-order valence-corrected chi connectivity index (χ4v) is 1.22. The minimum atomic E-state index is 1.02. The lowest BCUT2D eigenvalue weighted by Crippen LogP contribution is -1.73. The Kier molecular flexibility index (Phi) is 2.45. The number of nitrogens with zero attached hydrogens (tertiary/aromatic N) is 1. The van der Waals surface area contributed by atoms with Crippen molar-refractivity contribution in [1.29, 1.82) is 0 Å². The van der Waals surface area contributed by atoms with Gasteiger partial charge in [0.15, 0.2) is 0 Å². The second-order valence-corrected chi connectivity index (χ2v) is 3.25. The number of imidazole rings is 1. The number of aromatic nitrogens is 2. The van der Waals surface area contributed by atoms with Crippen LogP contribution in [-0.2, 0) is 0 Å². The van der Waals surface area contributed by atoms with Gasteiger partial charge in [-0.1, -0.05) is 35.9 Å². The molecule has 0 aliphatic rings.